The van der Waals surface area contributed by atoms with Gasteiger partial charge < -0.3 is 0 Å². The topological polar surface area (TPSA) is 27.0 Å². The molecule has 0 aromatic heterocycles. The summed E-state index contributed by atoms with van der Waals surface area (Å²) in [5.41, 5.74) is 0.673. The monoisotopic (exact) mass is 140 g/mol. The average Bonchev–Trinajstić information content (AvgIpc) is 1.90. The summed E-state index contributed by atoms with van der Waals surface area (Å²) in [7, 11) is 0. The lowest BCUT2D eigenvalue weighted by atomic mass is 10.2. The fraction of sp³-hybridized carbons (Fsp3) is 0.167. The van der Waals surface area contributed by atoms with E-state index in [2.05, 4.69) is 0 Å². The zero-order chi connectivity index (χ0) is 6.69. The lowest BCUT2D eigenvalue weighted by Crippen LogP contribution is -2.06. The Hall–Kier alpha value is -0.940. The van der Waals surface area contributed by atoms with Crippen LogP contribution in [-0.2, 0) is 0 Å². The van der Waals surface area contributed by atoms with Gasteiger partial charge in [0.1, 0.15) is 0 Å². The van der Waals surface area contributed by atoms with Gasteiger partial charge in [-0.05, 0) is 12.2 Å². The standard InChI is InChI=1S/C6H5ClN2/c7-9-3-1-6(5-8)2-4-9/h1-3H,4H2. The van der Waals surface area contributed by atoms with Gasteiger partial charge in [-0.3, -0.25) is 4.42 Å². The summed E-state index contributed by atoms with van der Waals surface area (Å²) in [6.45, 7) is 0.612. The first-order valence-corrected chi connectivity index (χ1v) is 2.87. The Morgan fingerprint density at radius 3 is 3.00 bits per heavy atom. The van der Waals surface area contributed by atoms with Gasteiger partial charge in [0, 0.05) is 18.0 Å². The average molecular weight is 141 g/mol. The van der Waals surface area contributed by atoms with Crippen molar-refractivity contribution in [1.82, 2.24) is 4.42 Å². The van der Waals surface area contributed by atoms with E-state index in [1.165, 1.54) is 4.42 Å². The van der Waals surface area contributed by atoms with Crippen molar-refractivity contribution in [2.75, 3.05) is 6.54 Å². The van der Waals surface area contributed by atoms with Gasteiger partial charge in [-0.15, -0.1) is 0 Å². The van der Waals surface area contributed by atoms with E-state index in [0.29, 0.717) is 12.1 Å². The largest absolute Gasteiger partial charge is 0.289 e. The molecule has 0 spiro atoms. The van der Waals surface area contributed by atoms with Crippen LogP contribution >= 0.6 is 11.8 Å². The summed E-state index contributed by atoms with van der Waals surface area (Å²) in [5, 5.41) is 8.35. The van der Waals surface area contributed by atoms with Gasteiger partial charge in [-0.2, -0.15) is 5.26 Å². The molecule has 9 heavy (non-hydrogen) atoms. The summed E-state index contributed by atoms with van der Waals surface area (Å²) in [5.74, 6) is 0. The van der Waals surface area contributed by atoms with E-state index in [4.69, 9.17) is 17.0 Å². The first kappa shape index (κ1) is 6.18. The second kappa shape index (κ2) is 2.56. The van der Waals surface area contributed by atoms with Crippen molar-refractivity contribution in [2.24, 2.45) is 0 Å². The molecule has 0 saturated carbocycles. The Morgan fingerprint density at radius 1 is 1.78 bits per heavy atom. The number of nitrogens with zero attached hydrogens (tertiary/aromatic N) is 2. The highest BCUT2D eigenvalue weighted by Crippen LogP contribution is 2.06. The fourth-order valence-corrected chi connectivity index (χ4v) is 0.684. The minimum absolute atomic E-state index is 0.612. The van der Waals surface area contributed by atoms with Crippen LogP contribution in [0.3, 0.4) is 0 Å². The summed E-state index contributed by atoms with van der Waals surface area (Å²) in [6, 6.07) is 2.01. The molecule has 0 saturated heterocycles. The third kappa shape index (κ3) is 1.48. The molecule has 1 aliphatic rings. The van der Waals surface area contributed by atoms with Crippen LogP contribution in [0.15, 0.2) is 23.9 Å². The molecular formula is C6H5ClN2. The normalized spacial score (nSPS) is 16.9. The predicted molar refractivity (Wildman–Crippen MR) is 35.4 cm³/mol. The van der Waals surface area contributed by atoms with Crippen LogP contribution in [0.25, 0.3) is 0 Å². The zero-order valence-electron chi connectivity index (χ0n) is 4.71. The van der Waals surface area contributed by atoms with Crippen molar-refractivity contribution in [1.29, 1.82) is 5.26 Å². The van der Waals surface area contributed by atoms with Gasteiger partial charge in [-0.1, -0.05) is 0 Å². The third-order valence-electron chi connectivity index (χ3n) is 1.03. The number of halogens is 1. The van der Waals surface area contributed by atoms with E-state index >= 15 is 0 Å². The van der Waals surface area contributed by atoms with Crippen LogP contribution < -0.4 is 0 Å². The van der Waals surface area contributed by atoms with Crippen LogP contribution in [0.1, 0.15) is 0 Å². The molecule has 2 nitrogen and oxygen atoms in total. The molecule has 0 N–H and O–H groups in total. The van der Waals surface area contributed by atoms with Crippen LogP contribution in [-0.4, -0.2) is 11.0 Å². The minimum atomic E-state index is 0.612. The molecule has 0 fully saturated rings. The summed E-state index contributed by atoms with van der Waals surface area (Å²) in [6.07, 6.45) is 5.11. The zero-order valence-corrected chi connectivity index (χ0v) is 5.47. The van der Waals surface area contributed by atoms with E-state index in [1.54, 1.807) is 18.4 Å². The Bertz CT molecular complexity index is 200. The minimum Gasteiger partial charge on any atom is -0.289 e. The summed E-state index contributed by atoms with van der Waals surface area (Å²) >= 11 is 5.53. The van der Waals surface area contributed by atoms with E-state index in [9.17, 15) is 0 Å². The quantitative estimate of drug-likeness (QED) is 0.476. The smallest absolute Gasteiger partial charge is 0.0989 e. The molecule has 1 heterocycles. The first-order valence-electron chi connectivity index (χ1n) is 2.54. The maximum atomic E-state index is 8.35. The molecule has 46 valence electrons. The van der Waals surface area contributed by atoms with Gasteiger partial charge in [0.25, 0.3) is 0 Å². The maximum Gasteiger partial charge on any atom is 0.0989 e. The van der Waals surface area contributed by atoms with Gasteiger partial charge in [0.05, 0.1) is 18.2 Å². The van der Waals surface area contributed by atoms with E-state index in [0.717, 1.165) is 0 Å². The SMILES string of the molecule is N#CC1=CCN(Cl)C=C1. The molecule has 1 aliphatic heterocycles. The molecule has 0 bridgehead atoms. The van der Waals surface area contributed by atoms with Crippen molar-refractivity contribution < 1.29 is 0 Å². The predicted octanol–water partition coefficient (Wildman–Crippen LogP) is 1.42. The van der Waals surface area contributed by atoms with Crippen molar-refractivity contribution in [3.8, 4) is 6.07 Å². The van der Waals surface area contributed by atoms with Gasteiger partial charge in [-0.25, -0.2) is 0 Å². The third-order valence-corrected chi connectivity index (χ3v) is 1.28. The fourth-order valence-electron chi connectivity index (χ4n) is 0.559. The Morgan fingerprint density at radius 2 is 2.56 bits per heavy atom. The van der Waals surface area contributed by atoms with Crippen molar-refractivity contribution in [3.05, 3.63) is 23.9 Å². The summed E-state index contributed by atoms with van der Waals surface area (Å²) < 4.78 is 1.49. The first-order chi connectivity index (χ1) is 4.33. The molecule has 0 radical (unpaired) electrons. The molecule has 0 unspecified atom stereocenters. The van der Waals surface area contributed by atoms with Gasteiger partial charge in [0.2, 0.25) is 0 Å². The molecular weight excluding hydrogens is 136 g/mol. The molecule has 0 atom stereocenters. The maximum absolute atomic E-state index is 8.35. The van der Waals surface area contributed by atoms with E-state index < -0.39 is 0 Å². The number of rotatable bonds is 0. The molecule has 3 heteroatoms. The Balaban J connectivity index is 2.66. The van der Waals surface area contributed by atoms with Crippen molar-refractivity contribution >= 4 is 11.8 Å². The highest BCUT2D eigenvalue weighted by Gasteiger charge is 1.98. The van der Waals surface area contributed by atoms with E-state index in [-0.39, 0.29) is 0 Å². The molecule has 1 rings (SSSR count). The second-order valence-electron chi connectivity index (χ2n) is 1.67. The lowest BCUT2D eigenvalue weighted by molar-refractivity contribution is 0.667. The van der Waals surface area contributed by atoms with Crippen molar-refractivity contribution in [3.63, 3.8) is 0 Å². The highest BCUT2D eigenvalue weighted by atomic mass is 35.5. The molecule has 0 aromatic carbocycles. The number of hydrogen-bond acceptors (Lipinski definition) is 2. The Labute approximate surface area is 58.7 Å². The second-order valence-corrected chi connectivity index (χ2v) is 2.10. The summed E-state index contributed by atoms with van der Waals surface area (Å²) in [4.78, 5) is 0. The van der Waals surface area contributed by atoms with Crippen LogP contribution in [0.4, 0.5) is 0 Å². The van der Waals surface area contributed by atoms with Gasteiger partial charge >= 0.3 is 0 Å². The highest BCUT2D eigenvalue weighted by molar-refractivity contribution is 6.14. The molecule has 0 amide bonds. The van der Waals surface area contributed by atoms with Crippen molar-refractivity contribution in [2.45, 2.75) is 0 Å². The van der Waals surface area contributed by atoms with E-state index in [1.807, 2.05) is 6.07 Å². The molecule has 0 aliphatic carbocycles. The molecule has 0 aromatic rings. The lowest BCUT2D eigenvalue weighted by Gasteiger charge is -2.09. The van der Waals surface area contributed by atoms with Crippen LogP contribution in [0.5, 0.6) is 0 Å². The Kier molecular flexibility index (Phi) is 1.76. The van der Waals surface area contributed by atoms with Crippen LogP contribution in [0.2, 0.25) is 0 Å². The van der Waals surface area contributed by atoms with Crippen LogP contribution in [0, 0.1) is 11.3 Å². The number of allylic oxidation sites excluding steroid dienone is 2. The number of hydrogen-bond donors (Lipinski definition) is 0. The number of nitriles is 1. The van der Waals surface area contributed by atoms with Gasteiger partial charge in [0.15, 0.2) is 0 Å².